The minimum absolute atomic E-state index is 0.116. The Bertz CT molecular complexity index is 951. The van der Waals surface area contributed by atoms with E-state index in [1.807, 2.05) is 12.1 Å². The summed E-state index contributed by atoms with van der Waals surface area (Å²) in [4.78, 5) is 21.2. The van der Waals surface area contributed by atoms with Crippen LogP contribution < -0.4 is 5.32 Å². The van der Waals surface area contributed by atoms with E-state index in [4.69, 9.17) is 4.98 Å². The zero-order valence-corrected chi connectivity index (χ0v) is 20.3. The fourth-order valence-corrected chi connectivity index (χ4v) is 4.36. The van der Waals surface area contributed by atoms with Crippen molar-refractivity contribution in [3.8, 4) is 0 Å². The molecule has 0 radical (unpaired) electrons. The number of pyridine rings is 1. The molecule has 1 N–H and O–H groups in total. The average Bonchev–Trinajstić information content (AvgIpc) is 3.20. The maximum Gasteiger partial charge on any atom is 0.269 e. The largest absolute Gasteiger partial charge is 0.351 e. The van der Waals surface area contributed by atoms with E-state index in [-0.39, 0.29) is 5.91 Å². The molecule has 3 aromatic rings. The van der Waals surface area contributed by atoms with Crippen molar-refractivity contribution < 1.29 is 4.79 Å². The molecular weight excluding hydrogens is 408 g/mol. The van der Waals surface area contributed by atoms with Crippen LogP contribution in [0.25, 0.3) is 11.0 Å². The summed E-state index contributed by atoms with van der Waals surface area (Å²) in [7, 11) is 0. The highest BCUT2D eigenvalue weighted by atomic mass is 16.1. The van der Waals surface area contributed by atoms with Gasteiger partial charge in [0.15, 0.2) is 0 Å². The summed E-state index contributed by atoms with van der Waals surface area (Å²) in [5, 5.41) is 2.97. The van der Waals surface area contributed by atoms with Gasteiger partial charge in [-0.2, -0.15) is 0 Å². The normalized spacial score (nSPS) is 11.2. The van der Waals surface area contributed by atoms with Crippen LogP contribution in [0.2, 0.25) is 0 Å². The molecular formula is C28H40N4O. The van der Waals surface area contributed by atoms with Gasteiger partial charge in [0.1, 0.15) is 11.5 Å². The summed E-state index contributed by atoms with van der Waals surface area (Å²) in [6.07, 6.45) is 16.8. The lowest BCUT2D eigenvalue weighted by Crippen LogP contribution is -2.25. The maximum absolute atomic E-state index is 12.2. The van der Waals surface area contributed by atoms with Crippen molar-refractivity contribution >= 4 is 16.9 Å². The molecule has 0 saturated carbocycles. The fourth-order valence-electron chi connectivity index (χ4n) is 4.36. The van der Waals surface area contributed by atoms with Gasteiger partial charge in [-0.15, -0.1) is 0 Å². The number of rotatable bonds is 16. The summed E-state index contributed by atoms with van der Waals surface area (Å²) < 4.78 is 2.39. The number of para-hydroxylation sites is 2. The number of carbonyl (C=O) groups excluding carboxylic acids is 1. The predicted molar refractivity (Wildman–Crippen MR) is 136 cm³/mol. The first-order valence-corrected chi connectivity index (χ1v) is 12.9. The van der Waals surface area contributed by atoms with Crippen LogP contribution in [-0.2, 0) is 13.0 Å². The number of carbonyl (C=O) groups is 1. The number of benzene rings is 1. The molecule has 2 heterocycles. The fraction of sp³-hybridized carbons (Fsp3) is 0.536. The maximum atomic E-state index is 12.2. The third kappa shape index (κ3) is 8.30. The van der Waals surface area contributed by atoms with E-state index in [2.05, 4.69) is 46.1 Å². The number of nitrogens with zero attached hydrogens (tertiary/aromatic N) is 3. The number of aryl methyl sites for hydroxylation is 2. The van der Waals surface area contributed by atoms with Crippen LogP contribution in [0.4, 0.5) is 0 Å². The minimum atomic E-state index is -0.116. The summed E-state index contributed by atoms with van der Waals surface area (Å²) in [6.45, 7) is 3.92. The molecule has 1 aromatic carbocycles. The van der Waals surface area contributed by atoms with E-state index in [1.54, 1.807) is 12.3 Å². The Morgan fingerprint density at radius 2 is 1.55 bits per heavy atom. The van der Waals surface area contributed by atoms with Crippen LogP contribution in [0.15, 0.2) is 48.7 Å². The molecule has 178 valence electrons. The Balaban J connectivity index is 1.42. The molecule has 33 heavy (non-hydrogen) atoms. The van der Waals surface area contributed by atoms with Crippen LogP contribution in [0, 0.1) is 0 Å². The number of imidazole rings is 1. The number of nitrogens with one attached hydrogen (secondary N) is 1. The van der Waals surface area contributed by atoms with Crippen LogP contribution in [0.3, 0.4) is 0 Å². The van der Waals surface area contributed by atoms with Gasteiger partial charge in [0.05, 0.1) is 11.0 Å². The molecule has 0 bridgehead atoms. The standard InChI is InChI=1S/C28H40N4O/c1-2-3-4-5-6-7-8-9-10-15-23-32-26-19-12-11-17-24(26)31-27(32)20-16-22-30-28(33)25-18-13-14-21-29-25/h11-14,17-19,21H,2-10,15-16,20,22-23H2,1H3,(H,30,33). The Hall–Kier alpha value is -2.69. The average molecular weight is 449 g/mol. The zero-order valence-electron chi connectivity index (χ0n) is 20.3. The lowest BCUT2D eigenvalue weighted by molar-refractivity contribution is 0.0948. The molecule has 0 atom stereocenters. The lowest BCUT2D eigenvalue weighted by atomic mass is 10.1. The molecule has 0 aliphatic carbocycles. The van der Waals surface area contributed by atoms with Crippen molar-refractivity contribution in [2.24, 2.45) is 0 Å². The number of hydrogen-bond donors (Lipinski definition) is 1. The van der Waals surface area contributed by atoms with Crippen LogP contribution >= 0.6 is 0 Å². The van der Waals surface area contributed by atoms with Crippen molar-refractivity contribution in [3.05, 3.63) is 60.2 Å². The summed E-state index contributed by atoms with van der Waals surface area (Å²) >= 11 is 0. The molecule has 0 spiro atoms. The van der Waals surface area contributed by atoms with Gasteiger partial charge in [-0.05, 0) is 37.1 Å². The molecule has 5 heteroatoms. The summed E-state index contributed by atoms with van der Waals surface area (Å²) in [6, 6.07) is 13.8. The van der Waals surface area contributed by atoms with E-state index in [0.29, 0.717) is 12.2 Å². The molecule has 5 nitrogen and oxygen atoms in total. The van der Waals surface area contributed by atoms with Gasteiger partial charge >= 0.3 is 0 Å². The molecule has 0 unspecified atom stereocenters. The second kappa shape index (κ2) is 14.5. The first kappa shape index (κ1) is 24.9. The first-order chi connectivity index (χ1) is 16.3. The van der Waals surface area contributed by atoms with Crippen molar-refractivity contribution in [3.63, 3.8) is 0 Å². The SMILES string of the molecule is CCCCCCCCCCCCn1c(CCCNC(=O)c2ccccn2)nc2ccccc21. The summed E-state index contributed by atoms with van der Waals surface area (Å²) in [5.41, 5.74) is 2.75. The first-order valence-electron chi connectivity index (χ1n) is 12.9. The van der Waals surface area contributed by atoms with Crippen molar-refractivity contribution in [2.75, 3.05) is 6.54 Å². The van der Waals surface area contributed by atoms with Gasteiger partial charge < -0.3 is 9.88 Å². The van der Waals surface area contributed by atoms with Crippen LogP contribution in [0.5, 0.6) is 0 Å². The van der Waals surface area contributed by atoms with Gasteiger partial charge in [0, 0.05) is 25.7 Å². The third-order valence-corrected chi connectivity index (χ3v) is 6.23. The molecule has 0 saturated heterocycles. The Morgan fingerprint density at radius 3 is 2.27 bits per heavy atom. The van der Waals surface area contributed by atoms with Crippen LogP contribution in [0.1, 0.15) is 93.9 Å². The smallest absolute Gasteiger partial charge is 0.269 e. The Kier molecular flexibility index (Phi) is 10.9. The number of fused-ring (bicyclic) bond motifs is 1. The zero-order chi connectivity index (χ0) is 23.1. The molecule has 3 rings (SSSR count). The second-order valence-electron chi connectivity index (χ2n) is 8.92. The van der Waals surface area contributed by atoms with E-state index in [0.717, 1.165) is 30.7 Å². The van der Waals surface area contributed by atoms with Gasteiger partial charge in [-0.3, -0.25) is 9.78 Å². The molecule has 0 fully saturated rings. The number of amides is 1. The number of aromatic nitrogens is 3. The predicted octanol–water partition coefficient (Wildman–Crippen LogP) is 6.71. The van der Waals surface area contributed by atoms with Crippen molar-refractivity contribution in [1.29, 1.82) is 0 Å². The monoisotopic (exact) mass is 448 g/mol. The number of unbranched alkanes of at least 4 members (excludes halogenated alkanes) is 9. The quantitative estimate of drug-likeness (QED) is 0.248. The van der Waals surface area contributed by atoms with Gasteiger partial charge in [0.2, 0.25) is 0 Å². The molecule has 0 aliphatic heterocycles. The molecule has 1 amide bonds. The molecule has 0 aliphatic rings. The van der Waals surface area contributed by atoms with E-state index in [9.17, 15) is 4.79 Å². The number of hydrogen-bond acceptors (Lipinski definition) is 3. The minimum Gasteiger partial charge on any atom is -0.351 e. The topological polar surface area (TPSA) is 59.8 Å². The highest BCUT2D eigenvalue weighted by molar-refractivity contribution is 5.92. The van der Waals surface area contributed by atoms with Gasteiger partial charge in [0.25, 0.3) is 5.91 Å². The van der Waals surface area contributed by atoms with Gasteiger partial charge in [-0.25, -0.2) is 4.98 Å². The van der Waals surface area contributed by atoms with E-state index < -0.39 is 0 Å². The third-order valence-electron chi connectivity index (χ3n) is 6.23. The van der Waals surface area contributed by atoms with E-state index >= 15 is 0 Å². The Morgan fingerprint density at radius 1 is 0.848 bits per heavy atom. The van der Waals surface area contributed by atoms with Crippen molar-refractivity contribution in [2.45, 2.75) is 90.5 Å². The summed E-state index contributed by atoms with van der Waals surface area (Å²) in [5.74, 6) is 1.01. The lowest BCUT2D eigenvalue weighted by Gasteiger charge is -2.10. The highest BCUT2D eigenvalue weighted by Crippen LogP contribution is 2.19. The highest BCUT2D eigenvalue weighted by Gasteiger charge is 2.11. The van der Waals surface area contributed by atoms with E-state index in [1.165, 1.54) is 69.7 Å². The molecule has 2 aromatic heterocycles. The Labute approximate surface area is 199 Å². The van der Waals surface area contributed by atoms with Crippen LogP contribution in [-0.4, -0.2) is 27.0 Å². The second-order valence-corrected chi connectivity index (χ2v) is 8.92. The van der Waals surface area contributed by atoms with Crippen molar-refractivity contribution in [1.82, 2.24) is 19.9 Å². The van der Waals surface area contributed by atoms with Gasteiger partial charge in [-0.1, -0.05) is 82.9 Å².